The second-order valence-electron chi connectivity index (χ2n) is 2.66. The Morgan fingerprint density at radius 3 is 2.30 bits per heavy atom. The van der Waals surface area contributed by atoms with Crippen molar-refractivity contribution in [2.24, 2.45) is 5.73 Å². The van der Waals surface area contributed by atoms with Gasteiger partial charge >= 0.3 is 0 Å². The Morgan fingerprint density at radius 1 is 1.50 bits per heavy atom. The van der Waals surface area contributed by atoms with Gasteiger partial charge in [-0.05, 0) is 12.7 Å². The SMILES string of the molecule is CS[C@H]1[C@H](O)[C@H](O)C[C@@H]1N. The molecular formula is C6H13NO2S. The standard InChI is InChI=1S/C6H13NO2S/c1-10-6-3(7)2-4(8)5(6)9/h3-6,8-9H,2,7H2,1H3/t3-,4+,5+,6+/m0/s1. The van der Waals surface area contributed by atoms with Crippen molar-refractivity contribution < 1.29 is 10.2 Å². The van der Waals surface area contributed by atoms with Crippen LogP contribution in [-0.2, 0) is 0 Å². The highest BCUT2D eigenvalue weighted by Crippen LogP contribution is 2.27. The lowest BCUT2D eigenvalue weighted by molar-refractivity contribution is 0.0463. The van der Waals surface area contributed by atoms with Gasteiger partial charge < -0.3 is 15.9 Å². The molecule has 1 aliphatic carbocycles. The maximum atomic E-state index is 9.28. The van der Waals surface area contributed by atoms with Gasteiger partial charge in [0.2, 0.25) is 0 Å². The molecule has 0 saturated heterocycles. The summed E-state index contributed by atoms with van der Waals surface area (Å²) in [6.45, 7) is 0. The number of rotatable bonds is 1. The van der Waals surface area contributed by atoms with E-state index in [0.29, 0.717) is 6.42 Å². The lowest BCUT2D eigenvalue weighted by Gasteiger charge is -2.15. The third kappa shape index (κ3) is 1.29. The van der Waals surface area contributed by atoms with Crippen molar-refractivity contribution in [3.63, 3.8) is 0 Å². The molecule has 60 valence electrons. The molecule has 4 heteroatoms. The maximum absolute atomic E-state index is 9.28. The number of hydrogen-bond donors (Lipinski definition) is 3. The first-order chi connectivity index (χ1) is 4.66. The van der Waals surface area contributed by atoms with E-state index in [9.17, 15) is 5.11 Å². The molecule has 1 saturated carbocycles. The molecule has 0 amide bonds. The van der Waals surface area contributed by atoms with Crippen molar-refractivity contribution in [2.75, 3.05) is 6.26 Å². The van der Waals surface area contributed by atoms with E-state index in [1.54, 1.807) is 0 Å². The van der Waals surface area contributed by atoms with Crippen molar-refractivity contribution in [1.29, 1.82) is 0 Å². The van der Waals surface area contributed by atoms with Gasteiger partial charge in [0.15, 0.2) is 0 Å². The highest BCUT2D eigenvalue weighted by molar-refractivity contribution is 7.99. The highest BCUT2D eigenvalue weighted by Gasteiger charge is 2.38. The van der Waals surface area contributed by atoms with E-state index in [1.807, 2.05) is 6.26 Å². The van der Waals surface area contributed by atoms with Crippen LogP contribution in [0.3, 0.4) is 0 Å². The smallest absolute Gasteiger partial charge is 0.0932 e. The van der Waals surface area contributed by atoms with Crippen molar-refractivity contribution in [3.8, 4) is 0 Å². The topological polar surface area (TPSA) is 66.5 Å². The Hall–Kier alpha value is 0.230. The largest absolute Gasteiger partial charge is 0.390 e. The summed E-state index contributed by atoms with van der Waals surface area (Å²) >= 11 is 1.52. The molecule has 0 aromatic carbocycles. The fraction of sp³-hybridized carbons (Fsp3) is 1.00. The molecule has 0 radical (unpaired) electrons. The quantitative estimate of drug-likeness (QED) is 0.472. The minimum Gasteiger partial charge on any atom is -0.390 e. The lowest BCUT2D eigenvalue weighted by atomic mass is 10.3. The average Bonchev–Trinajstić information content (AvgIpc) is 2.09. The first-order valence-electron chi connectivity index (χ1n) is 3.31. The predicted molar refractivity (Wildman–Crippen MR) is 41.9 cm³/mol. The van der Waals surface area contributed by atoms with Crippen LogP contribution in [0, 0.1) is 0 Å². The fourth-order valence-corrected chi connectivity index (χ4v) is 2.26. The van der Waals surface area contributed by atoms with Crippen LogP contribution in [0.5, 0.6) is 0 Å². The monoisotopic (exact) mass is 163 g/mol. The summed E-state index contributed by atoms with van der Waals surface area (Å²) < 4.78 is 0. The number of thioether (sulfide) groups is 1. The van der Waals surface area contributed by atoms with E-state index in [1.165, 1.54) is 11.8 Å². The molecule has 0 bridgehead atoms. The van der Waals surface area contributed by atoms with E-state index >= 15 is 0 Å². The molecule has 0 heterocycles. The summed E-state index contributed by atoms with van der Waals surface area (Å²) in [5.74, 6) is 0. The fourth-order valence-electron chi connectivity index (χ4n) is 1.34. The van der Waals surface area contributed by atoms with Crippen LogP contribution in [0.1, 0.15) is 6.42 Å². The number of aliphatic hydroxyl groups excluding tert-OH is 2. The van der Waals surface area contributed by atoms with Crippen LogP contribution in [0.15, 0.2) is 0 Å². The van der Waals surface area contributed by atoms with Gasteiger partial charge in [-0.1, -0.05) is 0 Å². The highest BCUT2D eigenvalue weighted by atomic mass is 32.2. The third-order valence-corrected chi connectivity index (χ3v) is 3.11. The summed E-state index contributed by atoms with van der Waals surface area (Å²) in [7, 11) is 0. The lowest BCUT2D eigenvalue weighted by Crippen LogP contribution is -2.33. The second kappa shape index (κ2) is 3.09. The molecule has 0 unspecified atom stereocenters. The zero-order valence-electron chi connectivity index (χ0n) is 5.90. The number of aliphatic hydroxyl groups is 2. The molecule has 0 spiro atoms. The van der Waals surface area contributed by atoms with Gasteiger partial charge in [-0.3, -0.25) is 0 Å². The molecule has 1 aliphatic rings. The minimum absolute atomic E-state index is 0.00926. The van der Waals surface area contributed by atoms with Gasteiger partial charge in [0.05, 0.1) is 12.2 Å². The van der Waals surface area contributed by atoms with Crippen LogP contribution in [0.25, 0.3) is 0 Å². The molecule has 0 aromatic heterocycles. The molecule has 1 rings (SSSR count). The molecule has 0 aliphatic heterocycles. The summed E-state index contributed by atoms with van der Waals surface area (Å²) in [5.41, 5.74) is 5.63. The zero-order chi connectivity index (χ0) is 7.72. The van der Waals surface area contributed by atoms with Crippen molar-refractivity contribution in [2.45, 2.75) is 29.9 Å². The maximum Gasteiger partial charge on any atom is 0.0932 e. The van der Waals surface area contributed by atoms with Gasteiger partial charge in [0.1, 0.15) is 0 Å². The molecule has 4 N–H and O–H groups in total. The van der Waals surface area contributed by atoms with E-state index in [4.69, 9.17) is 10.8 Å². The Kier molecular flexibility index (Phi) is 2.57. The van der Waals surface area contributed by atoms with Crippen LogP contribution in [-0.4, -0.2) is 40.0 Å². The van der Waals surface area contributed by atoms with Crippen molar-refractivity contribution >= 4 is 11.8 Å². The van der Waals surface area contributed by atoms with E-state index < -0.39 is 12.2 Å². The summed E-state index contributed by atoms with van der Waals surface area (Å²) in [6.07, 6.45) is 1.16. The third-order valence-electron chi connectivity index (χ3n) is 1.94. The summed E-state index contributed by atoms with van der Waals surface area (Å²) in [6, 6.07) is -0.0556. The molecular weight excluding hydrogens is 150 g/mol. The normalized spacial score (nSPS) is 48.0. The van der Waals surface area contributed by atoms with Gasteiger partial charge in [-0.15, -0.1) is 0 Å². The van der Waals surface area contributed by atoms with E-state index in [0.717, 1.165) is 0 Å². The van der Waals surface area contributed by atoms with E-state index in [-0.39, 0.29) is 11.3 Å². The van der Waals surface area contributed by atoms with Gasteiger partial charge in [0.25, 0.3) is 0 Å². The second-order valence-corrected chi connectivity index (χ2v) is 3.67. The Morgan fingerprint density at radius 2 is 2.10 bits per heavy atom. The van der Waals surface area contributed by atoms with E-state index in [2.05, 4.69) is 0 Å². The molecule has 10 heavy (non-hydrogen) atoms. The molecule has 3 nitrogen and oxygen atoms in total. The Bertz CT molecular complexity index is 122. The van der Waals surface area contributed by atoms with Gasteiger partial charge in [-0.25, -0.2) is 0 Å². The molecule has 0 aromatic rings. The van der Waals surface area contributed by atoms with Gasteiger partial charge in [0, 0.05) is 11.3 Å². The minimum atomic E-state index is -0.634. The van der Waals surface area contributed by atoms with Crippen LogP contribution in [0.2, 0.25) is 0 Å². The summed E-state index contributed by atoms with van der Waals surface area (Å²) in [5, 5.41) is 18.4. The average molecular weight is 163 g/mol. The Balaban J connectivity index is 2.55. The predicted octanol–water partition coefficient (Wildman–Crippen LogP) is -0.829. The zero-order valence-corrected chi connectivity index (χ0v) is 6.71. The molecule has 4 atom stereocenters. The molecule has 1 fully saturated rings. The van der Waals surface area contributed by atoms with Crippen molar-refractivity contribution in [3.05, 3.63) is 0 Å². The first-order valence-corrected chi connectivity index (χ1v) is 4.60. The van der Waals surface area contributed by atoms with Gasteiger partial charge in [-0.2, -0.15) is 11.8 Å². The Labute approximate surface area is 64.6 Å². The van der Waals surface area contributed by atoms with Crippen LogP contribution >= 0.6 is 11.8 Å². The summed E-state index contributed by atoms with van der Waals surface area (Å²) in [4.78, 5) is 0. The number of nitrogens with two attached hydrogens (primary N) is 1. The van der Waals surface area contributed by atoms with Crippen LogP contribution < -0.4 is 5.73 Å². The van der Waals surface area contributed by atoms with Crippen LogP contribution in [0.4, 0.5) is 0 Å². The number of hydrogen-bond acceptors (Lipinski definition) is 4. The van der Waals surface area contributed by atoms with Crippen molar-refractivity contribution in [1.82, 2.24) is 0 Å². The first kappa shape index (κ1) is 8.33.